The van der Waals surface area contributed by atoms with Crippen molar-refractivity contribution in [1.82, 2.24) is 0 Å². The normalized spacial score (nSPS) is 31.0. The molecule has 2 fully saturated rings. The molecular formula is C23H42O. The largest absolute Gasteiger partial charge is 0.377 e. The van der Waals surface area contributed by atoms with Crippen LogP contribution < -0.4 is 0 Å². The van der Waals surface area contributed by atoms with Crippen molar-refractivity contribution in [2.24, 2.45) is 23.7 Å². The first-order valence-corrected chi connectivity index (χ1v) is 11.0. The quantitative estimate of drug-likeness (QED) is 0.287. The summed E-state index contributed by atoms with van der Waals surface area (Å²) in [6.45, 7) is 7.68. The van der Waals surface area contributed by atoms with Gasteiger partial charge in [-0.25, -0.2) is 0 Å². The Labute approximate surface area is 151 Å². The summed E-state index contributed by atoms with van der Waals surface area (Å²) in [7, 11) is 0. The number of rotatable bonds is 11. The predicted octanol–water partition coefficient (Wildman–Crippen LogP) is 7.16. The van der Waals surface area contributed by atoms with Gasteiger partial charge in [0.05, 0.1) is 6.61 Å². The summed E-state index contributed by atoms with van der Waals surface area (Å²) in [6.07, 6.45) is 22.5. The first-order valence-electron chi connectivity index (χ1n) is 11.0. The van der Waals surface area contributed by atoms with Gasteiger partial charge in [0.15, 0.2) is 0 Å². The molecule has 2 aliphatic rings. The summed E-state index contributed by atoms with van der Waals surface area (Å²) in [6, 6.07) is 0. The van der Waals surface area contributed by atoms with Crippen LogP contribution in [0.2, 0.25) is 0 Å². The molecule has 0 N–H and O–H groups in total. The fraction of sp³-hybridized carbons (Fsp3) is 0.913. The smallest absolute Gasteiger partial charge is 0.0644 e. The van der Waals surface area contributed by atoms with Gasteiger partial charge in [0.25, 0.3) is 0 Å². The molecule has 0 saturated heterocycles. The Morgan fingerprint density at radius 1 is 0.792 bits per heavy atom. The molecule has 2 aliphatic carbocycles. The lowest BCUT2D eigenvalue weighted by atomic mass is 9.68. The van der Waals surface area contributed by atoms with Gasteiger partial charge in [-0.05, 0) is 55.8 Å². The van der Waals surface area contributed by atoms with E-state index >= 15 is 0 Å². The van der Waals surface area contributed by atoms with Crippen LogP contribution >= 0.6 is 0 Å². The minimum absolute atomic E-state index is 0.719. The SMILES string of the molecule is C=CCOCC[C@H]1CC[C@H]([C@H]2CC[C@H](CCCCCC)CC2)CC1. The van der Waals surface area contributed by atoms with E-state index in [1.807, 2.05) is 6.08 Å². The molecule has 1 nitrogen and oxygen atoms in total. The summed E-state index contributed by atoms with van der Waals surface area (Å²) in [5.41, 5.74) is 0. The summed E-state index contributed by atoms with van der Waals surface area (Å²) < 4.78 is 5.57. The van der Waals surface area contributed by atoms with Crippen LogP contribution in [0.3, 0.4) is 0 Å². The lowest BCUT2D eigenvalue weighted by Gasteiger charge is -2.38. The Morgan fingerprint density at radius 3 is 1.92 bits per heavy atom. The Morgan fingerprint density at radius 2 is 1.38 bits per heavy atom. The molecule has 24 heavy (non-hydrogen) atoms. The van der Waals surface area contributed by atoms with E-state index in [2.05, 4.69) is 13.5 Å². The van der Waals surface area contributed by atoms with Crippen molar-refractivity contribution < 1.29 is 4.74 Å². The zero-order valence-corrected chi connectivity index (χ0v) is 16.3. The van der Waals surface area contributed by atoms with Crippen molar-refractivity contribution in [3.8, 4) is 0 Å². The van der Waals surface area contributed by atoms with Gasteiger partial charge in [0.1, 0.15) is 0 Å². The molecule has 140 valence electrons. The monoisotopic (exact) mass is 334 g/mol. The average molecular weight is 335 g/mol. The van der Waals surface area contributed by atoms with Gasteiger partial charge in [0, 0.05) is 6.61 Å². The Kier molecular flexibility index (Phi) is 10.1. The molecular weight excluding hydrogens is 292 g/mol. The van der Waals surface area contributed by atoms with Gasteiger partial charge < -0.3 is 4.74 Å². The fourth-order valence-corrected chi connectivity index (χ4v) is 5.17. The van der Waals surface area contributed by atoms with E-state index < -0.39 is 0 Å². The summed E-state index contributed by atoms with van der Waals surface area (Å²) >= 11 is 0. The first-order chi connectivity index (χ1) is 11.8. The number of unbranched alkanes of at least 4 members (excludes halogenated alkanes) is 3. The molecule has 0 aromatic heterocycles. The van der Waals surface area contributed by atoms with Crippen LogP contribution in [-0.2, 0) is 4.74 Å². The molecule has 0 aromatic rings. The van der Waals surface area contributed by atoms with E-state index in [1.54, 1.807) is 0 Å². The third kappa shape index (κ3) is 7.30. The highest BCUT2D eigenvalue weighted by molar-refractivity contribution is 4.82. The van der Waals surface area contributed by atoms with E-state index in [0.717, 1.165) is 36.9 Å². The van der Waals surface area contributed by atoms with E-state index in [4.69, 9.17) is 4.74 Å². The summed E-state index contributed by atoms with van der Waals surface area (Å²) in [5, 5.41) is 0. The number of hydrogen-bond donors (Lipinski definition) is 0. The minimum Gasteiger partial charge on any atom is -0.377 e. The van der Waals surface area contributed by atoms with E-state index in [1.165, 1.54) is 89.9 Å². The molecule has 0 unspecified atom stereocenters. The Hall–Kier alpha value is -0.300. The average Bonchev–Trinajstić information content (AvgIpc) is 2.64. The lowest BCUT2D eigenvalue weighted by Crippen LogP contribution is -2.26. The molecule has 1 heteroatoms. The van der Waals surface area contributed by atoms with Crippen molar-refractivity contribution in [3.63, 3.8) is 0 Å². The van der Waals surface area contributed by atoms with Crippen LogP contribution in [0.4, 0.5) is 0 Å². The van der Waals surface area contributed by atoms with Crippen LogP contribution in [0.25, 0.3) is 0 Å². The van der Waals surface area contributed by atoms with Gasteiger partial charge in [-0.15, -0.1) is 6.58 Å². The molecule has 0 amide bonds. The zero-order chi connectivity index (χ0) is 17.0. The van der Waals surface area contributed by atoms with Gasteiger partial charge in [-0.3, -0.25) is 0 Å². The van der Waals surface area contributed by atoms with Gasteiger partial charge in [0.2, 0.25) is 0 Å². The summed E-state index contributed by atoms with van der Waals surface area (Å²) in [4.78, 5) is 0. The molecule has 0 aliphatic heterocycles. The Balaban J connectivity index is 1.54. The number of ether oxygens (including phenoxy) is 1. The first kappa shape index (κ1) is 20.0. The van der Waals surface area contributed by atoms with Gasteiger partial charge >= 0.3 is 0 Å². The molecule has 0 spiro atoms. The molecule has 2 saturated carbocycles. The van der Waals surface area contributed by atoms with E-state index in [0.29, 0.717) is 0 Å². The minimum atomic E-state index is 0.719. The lowest BCUT2D eigenvalue weighted by molar-refractivity contribution is 0.110. The van der Waals surface area contributed by atoms with Crippen molar-refractivity contribution in [2.75, 3.05) is 13.2 Å². The third-order valence-corrected chi connectivity index (χ3v) is 6.82. The molecule has 0 bridgehead atoms. The highest BCUT2D eigenvalue weighted by atomic mass is 16.5. The topological polar surface area (TPSA) is 9.23 Å². The van der Waals surface area contributed by atoms with E-state index in [-0.39, 0.29) is 0 Å². The molecule has 0 aromatic carbocycles. The zero-order valence-electron chi connectivity index (χ0n) is 16.3. The van der Waals surface area contributed by atoms with Crippen molar-refractivity contribution in [1.29, 1.82) is 0 Å². The predicted molar refractivity (Wildman–Crippen MR) is 105 cm³/mol. The van der Waals surface area contributed by atoms with Crippen LogP contribution in [-0.4, -0.2) is 13.2 Å². The fourth-order valence-electron chi connectivity index (χ4n) is 5.17. The van der Waals surface area contributed by atoms with Crippen LogP contribution in [0, 0.1) is 23.7 Å². The summed E-state index contributed by atoms with van der Waals surface area (Å²) in [5.74, 6) is 4.11. The van der Waals surface area contributed by atoms with Crippen molar-refractivity contribution in [3.05, 3.63) is 12.7 Å². The van der Waals surface area contributed by atoms with Crippen LogP contribution in [0.1, 0.15) is 96.8 Å². The second-order valence-electron chi connectivity index (χ2n) is 8.56. The number of hydrogen-bond acceptors (Lipinski definition) is 1. The van der Waals surface area contributed by atoms with E-state index in [9.17, 15) is 0 Å². The molecule has 0 radical (unpaired) electrons. The standard InChI is InChI=1S/C23H42O/c1-3-5-6-7-8-20-9-13-22(14-10-20)23-15-11-21(12-16-23)17-19-24-18-4-2/h4,20-23H,2-3,5-19H2,1H3/t20-,21-,22-,23-. The molecule has 2 rings (SSSR count). The van der Waals surface area contributed by atoms with Gasteiger partial charge in [-0.1, -0.05) is 70.8 Å². The maximum atomic E-state index is 5.57. The second kappa shape index (κ2) is 12.1. The van der Waals surface area contributed by atoms with Crippen molar-refractivity contribution >= 4 is 0 Å². The maximum Gasteiger partial charge on any atom is 0.0644 e. The molecule has 0 atom stereocenters. The van der Waals surface area contributed by atoms with Crippen LogP contribution in [0.15, 0.2) is 12.7 Å². The highest BCUT2D eigenvalue weighted by Crippen LogP contribution is 2.42. The highest BCUT2D eigenvalue weighted by Gasteiger charge is 2.30. The van der Waals surface area contributed by atoms with Gasteiger partial charge in [-0.2, -0.15) is 0 Å². The van der Waals surface area contributed by atoms with Crippen molar-refractivity contribution in [2.45, 2.75) is 96.8 Å². The third-order valence-electron chi connectivity index (χ3n) is 6.82. The second-order valence-corrected chi connectivity index (χ2v) is 8.56. The molecule has 0 heterocycles. The Bertz CT molecular complexity index is 308. The van der Waals surface area contributed by atoms with Crippen LogP contribution in [0.5, 0.6) is 0 Å². The maximum absolute atomic E-state index is 5.57.